The molecular formula is C24H22Cl2F3N3O. The van der Waals surface area contributed by atoms with Crippen LogP contribution < -0.4 is 10.6 Å². The van der Waals surface area contributed by atoms with Crippen molar-refractivity contribution in [3.8, 4) is 22.3 Å². The lowest BCUT2D eigenvalue weighted by Crippen LogP contribution is -2.51. The third-order valence-corrected chi connectivity index (χ3v) is 6.28. The zero-order chi connectivity index (χ0) is 23.8. The monoisotopic (exact) mass is 495 g/mol. The predicted molar refractivity (Wildman–Crippen MR) is 126 cm³/mol. The second-order valence-electron chi connectivity index (χ2n) is 7.99. The van der Waals surface area contributed by atoms with Gasteiger partial charge in [0.25, 0.3) is 0 Å². The lowest BCUT2D eigenvalue weighted by Gasteiger charge is -2.39. The van der Waals surface area contributed by atoms with Gasteiger partial charge in [-0.2, -0.15) is 13.2 Å². The zero-order valence-electron chi connectivity index (χ0n) is 17.7. The first-order chi connectivity index (χ1) is 15.7. The number of nitrogens with two attached hydrogens (primary N) is 1. The summed E-state index contributed by atoms with van der Waals surface area (Å²) >= 11 is 12.5. The average molecular weight is 496 g/mol. The van der Waals surface area contributed by atoms with Gasteiger partial charge in [-0.1, -0.05) is 35.3 Å². The summed E-state index contributed by atoms with van der Waals surface area (Å²) in [5.74, 6) is 0. The number of pyridine rings is 1. The van der Waals surface area contributed by atoms with E-state index in [-0.39, 0.29) is 12.1 Å². The normalized spacial score (nSPS) is 19.1. The highest BCUT2D eigenvalue weighted by atomic mass is 35.5. The van der Waals surface area contributed by atoms with Crippen LogP contribution in [0.5, 0.6) is 0 Å². The molecule has 0 saturated carbocycles. The number of ether oxygens (including phenoxy) is 1. The van der Waals surface area contributed by atoms with Crippen LogP contribution in [0.4, 0.5) is 18.9 Å². The van der Waals surface area contributed by atoms with Crippen molar-refractivity contribution in [2.45, 2.75) is 24.7 Å². The number of methoxy groups -OCH3 is 1. The number of halogens is 5. The third-order valence-electron chi connectivity index (χ3n) is 5.84. The van der Waals surface area contributed by atoms with Crippen LogP contribution in [-0.4, -0.2) is 37.3 Å². The van der Waals surface area contributed by atoms with Gasteiger partial charge in [0.05, 0.1) is 17.4 Å². The van der Waals surface area contributed by atoms with Gasteiger partial charge in [-0.15, -0.1) is 0 Å². The van der Waals surface area contributed by atoms with E-state index < -0.39 is 11.7 Å². The number of aromatic nitrogens is 1. The van der Waals surface area contributed by atoms with Crippen molar-refractivity contribution in [1.29, 1.82) is 0 Å². The molecule has 2 atom stereocenters. The number of piperidine rings is 1. The quantitative estimate of drug-likeness (QED) is 0.461. The highest BCUT2D eigenvalue weighted by Crippen LogP contribution is 2.42. The molecule has 1 saturated heterocycles. The molecule has 1 aliphatic heterocycles. The van der Waals surface area contributed by atoms with Crippen molar-refractivity contribution in [2.75, 3.05) is 25.1 Å². The molecule has 174 valence electrons. The van der Waals surface area contributed by atoms with E-state index in [9.17, 15) is 13.2 Å². The summed E-state index contributed by atoms with van der Waals surface area (Å²) in [7, 11) is 1.62. The summed E-state index contributed by atoms with van der Waals surface area (Å²) in [5, 5.41) is 0.942. The maximum absolute atomic E-state index is 13.1. The van der Waals surface area contributed by atoms with Crippen LogP contribution in [0.2, 0.25) is 10.0 Å². The first-order valence-electron chi connectivity index (χ1n) is 10.3. The van der Waals surface area contributed by atoms with Gasteiger partial charge in [0.2, 0.25) is 0 Å². The topological polar surface area (TPSA) is 51.4 Å². The standard InChI is InChI=1S/C24H22Cl2F3N3O/c1-33-22-13-32(7-6-21(22)30)23-19(14-2-4-16(5-3-14)24(27,28)29)11-31-12-20(23)15-8-17(25)10-18(26)9-15/h2-5,8-12,21-22H,6-7,13,30H2,1H3/t21-,22-/m1/s1. The Kier molecular flexibility index (Phi) is 6.86. The Morgan fingerprint density at radius 3 is 2.18 bits per heavy atom. The zero-order valence-corrected chi connectivity index (χ0v) is 19.3. The largest absolute Gasteiger partial charge is 0.416 e. The summed E-state index contributed by atoms with van der Waals surface area (Å²) in [6.45, 7) is 1.18. The average Bonchev–Trinajstić information content (AvgIpc) is 2.78. The Morgan fingerprint density at radius 1 is 1.00 bits per heavy atom. The third kappa shape index (κ3) is 5.11. The van der Waals surface area contributed by atoms with Crippen molar-refractivity contribution in [1.82, 2.24) is 4.98 Å². The first kappa shape index (κ1) is 23.8. The molecule has 0 radical (unpaired) electrons. The van der Waals surface area contributed by atoms with Crippen LogP contribution >= 0.6 is 23.2 Å². The van der Waals surface area contributed by atoms with Gasteiger partial charge < -0.3 is 15.4 Å². The molecule has 3 aromatic rings. The number of nitrogens with zero attached hydrogens (tertiary/aromatic N) is 2. The van der Waals surface area contributed by atoms with Crippen LogP contribution in [0.1, 0.15) is 12.0 Å². The molecule has 33 heavy (non-hydrogen) atoms. The van der Waals surface area contributed by atoms with Gasteiger partial charge in [0, 0.05) is 59.8 Å². The van der Waals surface area contributed by atoms with E-state index in [4.69, 9.17) is 33.7 Å². The Hall–Kier alpha value is -2.32. The first-order valence-corrected chi connectivity index (χ1v) is 11.1. The summed E-state index contributed by atoms with van der Waals surface area (Å²) < 4.78 is 44.9. The molecule has 1 aliphatic rings. The highest BCUT2D eigenvalue weighted by Gasteiger charge is 2.32. The molecule has 0 amide bonds. The molecule has 4 rings (SSSR count). The molecule has 1 aromatic heterocycles. The Morgan fingerprint density at radius 2 is 1.61 bits per heavy atom. The van der Waals surface area contributed by atoms with Gasteiger partial charge in [-0.25, -0.2) is 0 Å². The fraction of sp³-hybridized carbons (Fsp3) is 0.292. The molecule has 2 heterocycles. The van der Waals surface area contributed by atoms with Gasteiger partial charge in [0.1, 0.15) is 0 Å². The molecule has 1 fully saturated rings. The molecule has 0 unspecified atom stereocenters. The van der Waals surface area contributed by atoms with Crippen molar-refractivity contribution in [3.05, 3.63) is 70.5 Å². The maximum Gasteiger partial charge on any atom is 0.416 e. The van der Waals surface area contributed by atoms with Crippen LogP contribution in [0.15, 0.2) is 54.9 Å². The predicted octanol–water partition coefficient (Wildman–Crippen LogP) is 6.29. The van der Waals surface area contributed by atoms with Crippen molar-refractivity contribution in [3.63, 3.8) is 0 Å². The Balaban J connectivity index is 1.88. The maximum atomic E-state index is 13.1. The van der Waals surface area contributed by atoms with E-state index in [0.717, 1.165) is 28.9 Å². The van der Waals surface area contributed by atoms with Gasteiger partial charge in [-0.3, -0.25) is 4.98 Å². The number of anilines is 1. The van der Waals surface area contributed by atoms with E-state index in [1.807, 2.05) is 0 Å². The molecule has 0 spiro atoms. The molecule has 0 aliphatic carbocycles. The van der Waals surface area contributed by atoms with Crippen LogP contribution in [-0.2, 0) is 10.9 Å². The lowest BCUT2D eigenvalue weighted by molar-refractivity contribution is -0.137. The summed E-state index contributed by atoms with van der Waals surface area (Å²) in [4.78, 5) is 6.52. The van der Waals surface area contributed by atoms with Crippen molar-refractivity contribution >= 4 is 28.9 Å². The minimum atomic E-state index is -4.41. The molecule has 4 nitrogen and oxygen atoms in total. The molecule has 2 N–H and O–H groups in total. The minimum absolute atomic E-state index is 0.105. The highest BCUT2D eigenvalue weighted by molar-refractivity contribution is 6.35. The number of benzene rings is 2. The Bertz CT molecular complexity index is 1120. The van der Waals surface area contributed by atoms with Crippen molar-refractivity contribution < 1.29 is 17.9 Å². The second kappa shape index (κ2) is 9.50. The molecule has 0 bridgehead atoms. The van der Waals surface area contributed by atoms with Crippen molar-refractivity contribution in [2.24, 2.45) is 5.73 Å². The van der Waals surface area contributed by atoms with Crippen LogP contribution in [0.25, 0.3) is 22.3 Å². The fourth-order valence-corrected chi connectivity index (χ4v) is 4.68. The molecular weight excluding hydrogens is 474 g/mol. The number of alkyl halides is 3. The van der Waals surface area contributed by atoms with Gasteiger partial charge in [-0.05, 0) is 47.9 Å². The lowest BCUT2D eigenvalue weighted by atomic mass is 9.94. The summed E-state index contributed by atoms with van der Waals surface area (Å²) in [6, 6.07) is 10.2. The van der Waals surface area contributed by atoms with E-state index in [1.54, 1.807) is 37.7 Å². The SMILES string of the molecule is CO[C@@H]1CN(c2c(-c3ccc(C(F)(F)F)cc3)cncc2-c2cc(Cl)cc(Cl)c2)CC[C@H]1N. The number of rotatable bonds is 4. The van der Waals surface area contributed by atoms with Gasteiger partial charge >= 0.3 is 6.18 Å². The van der Waals surface area contributed by atoms with E-state index in [0.29, 0.717) is 40.7 Å². The van der Waals surface area contributed by atoms with E-state index in [1.165, 1.54) is 12.1 Å². The fourth-order valence-electron chi connectivity index (χ4n) is 4.15. The minimum Gasteiger partial charge on any atom is -0.378 e. The second-order valence-corrected chi connectivity index (χ2v) is 8.86. The summed E-state index contributed by atoms with van der Waals surface area (Å²) in [5.41, 5.74) is 9.16. The summed E-state index contributed by atoms with van der Waals surface area (Å²) in [6.07, 6.45) is -0.537. The van der Waals surface area contributed by atoms with E-state index in [2.05, 4.69) is 9.88 Å². The molecule has 2 aromatic carbocycles. The van der Waals surface area contributed by atoms with E-state index >= 15 is 0 Å². The number of hydrogen-bond acceptors (Lipinski definition) is 4. The van der Waals surface area contributed by atoms with Crippen LogP contribution in [0, 0.1) is 0 Å². The van der Waals surface area contributed by atoms with Crippen LogP contribution in [0.3, 0.4) is 0 Å². The number of hydrogen-bond donors (Lipinski definition) is 1. The van der Waals surface area contributed by atoms with Gasteiger partial charge in [0.15, 0.2) is 0 Å². The molecule has 9 heteroatoms. The Labute approximate surface area is 200 Å². The smallest absolute Gasteiger partial charge is 0.378 e.